The van der Waals surface area contributed by atoms with E-state index in [0.29, 0.717) is 0 Å². The van der Waals surface area contributed by atoms with Gasteiger partial charge in [0.15, 0.2) is 0 Å². The van der Waals surface area contributed by atoms with E-state index in [-0.39, 0.29) is 0 Å². The smallest absolute Gasteiger partial charge is 0.0443 e. The molecule has 1 aromatic carbocycles. The standard InChI is InChI=1S/C13H13N/c1-3-11-7-8-13-12(10-11)6-5-9-14(13)4-2/h1,5-8,10H,4,9H2,2H3. The van der Waals surface area contributed by atoms with Crippen LogP contribution in [-0.2, 0) is 0 Å². The molecular weight excluding hydrogens is 170 g/mol. The second-order valence-corrected chi connectivity index (χ2v) is 3.36. The summed E-state index contributed by atoms with van der Waals surface area (Å²) in [5.41, 5.74) is 3.47. The highest BCUT2D eigenvalue weighted by Gasteiger charge is 2.10. The molecule has 0 unspecified atom stereocenters. The van der Waals surface area contributed by atoms with E-state index in [0.717, 1.165) is 18.7 Å². The molecule has 2 rings (SSSR count). The molecular formula is C13H13N. The maximum atomic E-state index is 5.36. The lowest BCUT2D eigenvalue weighted by Crippen LogP contribution is -2.25. The van der Waals surface area contributed by atoms with E-state index in [9.17, 15) is 0 Å². The number of anilines is 1. The van der Waals surface area contributed by atoms with Gasteiger partial charge in [0.1, 0.15) is 0 Å². The van der Waals surface area contributed by atoms with Crippen LogP contribution >= 0.6 is 0 Å². The number of benzene rings is 1. The van der Waals surface area contributed by atoms with Crippen LogP contribution in [0, 0.1) is 12.3 Å². The van der Waals surface area contributed by atoms with Gasteiger partial charge >= 0.3 is 0 Å². The van der Waals surface area contributed by atoms with Crippen LogP contribution in [0.2, 0.25) is 0 Å². The second kappa shape index (κ2) is 3.59. The fraction of sp³-hybridized carbons (Fsp3) is 0.231. The van der Waals surface area contributed by atoms with Gasteiger partial charge in [-0.2, -0.15) is 0 Å². The van der Waals surface area contributed by atoms with Gasteiger partial charge in [0.2, 0.25) is 0 Å². The Morgan fingerprint density at radius 3 is 3.07 bits per heavy atom. The Balaban J connectivity index is 2.48. The van der Waals surface area contributed by atoms with Crippen molar-refractivity contribution in [2.24, 2.45) is 0 Å². The molecule has 0 aliphatic carbocycles. The van der Waals surface area contributed by atoms with Crippen LogP contribution in [0.5, 0.6) is 0 Å². The molecule has 0 N–H and O–H groups in total. The molecule has 0 fully saturated rings. The van der Waals surface area contributed by atoms with Crippen LogP contribution in [0.4, 0.5) is 5.69 Å². The molecule has 1 nitrogen and oxygen atoms in total. The summed E-state index contributed by atoms with van der Waals surface area (Å²) < 4.78 is 0. The van der Waals surface area contributed by atoms with Gasteiger partial charge in [-0.1, -0.05) is 18.1 Å². The summed E-state index contributed by atoms with van der Waals surface area (Å²) in [5.74, 6) is 2.66. The molecule has 0 bridgehead atoms. The lowest BCUT2D eigenvalue weighted by Gasteiger charge is -2.26. The molecule has 0 aromatic heterocycles. The lowest BCUT2D eigenvalue weighted by atomic mass is 10.0. The minimum Gasteiger partial charge on any atom is -0.368 e. The third-order valence-corrected chi connectivity index (χ3v) is 2.54. The molecule has 0 atom stereocenters. The van der Waals surface area contributed by atoms with Crippen molar-refractivity contribution in [3.8, 4) is 12.3 Å². The van der Waals surface area contributed by atoms with Crippen LogP contribution < -0.4 is 4.90 Å². The molecule has 1 aliphatic rings. The Morgan fingerprint density at radius 2 is 2.36 bits per heavy atom. The van der Waals surface area contributed by atoms with Gasteiger partial charge < -0.3 is 4.90 Å². The first-order valence-corrected chi connectivity index (χ1v) is 4.87. The zero-order valence-electron chi connectivity index (χ0n) is 8.33. The molecule has 1 heteroatoms. The van der Waals surface area contributed by atoms with E-state index in [1.165, 1.54) is 11.3 Å². The average molecular weight is 183 g/mol. The van der Waals surface area contributed by atoms with Crippen LogP contribution in [0.15, 0.2) is 24.3 Å². The first kappa shape index (κ1) is 8.90. The normalized spacial score (nSPS) is 13.6. The number of hydrogen-bond donors (Lipinski definition) is 0. The fourth-order valence-electron chi connectivity index (χ4n) is 1.77. The van der Waals surface area contributed by atoms with Gasteiger partial charge in [-0.15, -0.1) is 6.42 Å². The third-order valence-electron chi connectivity index (χ3n) is 2.54. The minimum atomic E-state index is 0.950. The summed E-state index contributed by atoms with van der Waals surface area (Å²) in [6.07, 6.45) is 9.68. The number of rotatable bonds is 1. The first-order chi connectivity index (χ1) is 6.85. The monoisotopic (exact) mass is 183 g/mol. The average Bonchev–Trinajstić information content (AvgIpc) is 2.27. The van der Waals surface area contributed by atoms with Crippen molar-refractivity contribution >= 4 is 11.8 Å². The quantitative estimate of drug-likeness (QED) is 0.605. The van der Waals surface area contributed by atoms with Crippen molar-refractivity contribution in [2.75, 3.05) is 18.0 Å². The summed E-state index contributed by atoms with van der Waals surface area (Å²) in [6.45, 7) is 4.20. The largest absolute Gasteiger partial charge is 0.368 e. The zero-order chi connectivity index (χ0) is 9.97. The van der Waals surface area contributed by atoms with Gasteiger partial charge in [-0.05, 0) is 30.7 Å². The van der Waals surface area contributed by atoms with Crippen LogP contribution in [-0.4, -0.2) is 13.1 Å². The molecule has 0 radical (unpaired) electrons. The van der Waals surface area contributed by atoms with Gasteiger partial charge in [-0.3, -0.25) is 0 Å². The lowest BCUT2D eigenvalue weighted by molar-refractivity contribution is 0.899. The van der Waals surface area contributed by atoms with Crippen molar-refractivity contribution < 1.29 is 0 Å². The third kappa shape index (κ3) is 1.40. The van der Waals surface area contributed by atoms with E-state index < -0.39 is 0 Å². The Labute approximate surface area is 85.0 Å². The van der Waals surface area contributed by atoms with Gasteiger partial charge in [0.25, 0.3) is 0 Å². The van der Waals surface area contributed by atoms with Gasteiger partial charge in [-0.25, -0.2) is 0 Å². The summed E-state index contributed by atoms with van der Waals surface area (Å²) in [4.78, 5) is 2.33. The Bertz CT molecular complexity index is 410. The highest BCUT2D eigenvalue weighted by Crippen LogP contribution is 2.26. The van der Waals surface area contributed by atoms with E-state index in [4.69, 9.17) is 6.42 Å². The van der Waals surface area contributed by atoms with Crippen molar-refractivity contribution in [1.82, 2.24) is 0 Å². The van der Waals surface area contributed by atoms with Crippen molar-refractivity contribution in [1.29, 1.82) is 0 Å². The number of nitrogens with zero attached hydrogens (tertiary/aromatic N) is 1. The van der Waals surface area contributed by atoms with Crippen molar-refractivity contribution in [3.63, 3.8) is 0 Å². The molecule has 0 saturated heterocycles. The summed E-state index contributed by atoms with van der Waals surface area (Å²) >= 11 is 0. The van der Waals surface area contributed by atoms with E-state index in [1.54, 1.807) is 0 Å². The topological polar surface area (TPSA) is 3.24 Å². The number of fused-ring (bicyclic) bond motifs is 1. The van der Waals surface area contributed by atoms with E-state index >= 15 is 0 Å². The number of likely N-dealkylation sites (N-methyl/N-ethyl adjacent to an activating group) is 1. The number of hydrogen-bond acceptors (Lipinski definition) is 1. The fourth-order valence-corrected chi connectivity index (χ4v) is 1.77. The van der Waals surface area contributed by atoms with E-state index in [2.05, 4.69) is 42.0 Å². The summed E-state index contributed by atoms with van der Waals surface area (Å²) in [5, 5.41) is 0. The highest BCUT2D eigenvalue weighted by atomic mass is 15.1. The van der Waals surface area contributed by atoms with Gasteiger partial charge in [0, 0.05) is 24.3 Å². The predicted octanol–water partition coefficient (Wildman–Crippen LogP) is 2.52. The molecule has 1 aliphatic heterocycles. The predicted molar refractivity (Wildman–Crippen MR) is 61.3 cm³/mol. The Kier molecular flexibility index (Phi) is 2.28. The van der Waals surface area contributed by atoms with E-state index in [1.807, 2.05) is 6.07 Å². The zero-order valence-corrected chi connectivity index (χ0v) is 8.33. The first-order valence-electron chi connectivity index (χ1n) is 4.87. The summed E-state index contributed by atoms with van der Waals surface area (Å²) in [6, 6.07) is 6.17. The van der Waals surface area contributed by atoms with Crippen molar-refractivity contribution in [3.05, 3.63) is 35.4 Å². The molecule has 1 heterocycles. The van der Waals surface area contributed by atoms with Crippen LogP contribution in [0.25, 0.3) is 6.08 Å². The molecule has 0 saturated carbocycles. The maximum Gasteiger partial charge on any atom is 0.0443 e. The molecule has 70 valence electrons. The number of terminal acetylenes is 1. The molecule has 0 spiro atoms. The van der Waals surface area contributed by atoms with Crippen molar-refractivity contribution in [2.45, 2.75) is 6.92 Å². The Morgan fingerprint density at radius 1 is 1.50 bits per heavy atom. The molecule has 0 amide bonds. The van der Waals surface area contributed by atoms with Gasteiger partial charge in [0.05, 0.1) is 0 Å². The summed E-state index contributed by atoms with van der Waals surface area (Å²) in [7, 11) is 0. The maximum absolute atomic E-state index is 5.36. The molecule has 1 aromatic rings. The molecule has 14 heavy (non-hydrogen) atoms. The second-order valence-electron chi connectivity index (χ2n) is 3.36. The minimum absolute atomic E-state index is 0.950. The van der Waals surface area contributed by atoms with Crippen LogP contribution in [0.3, 0.4) is 0 Å². The Hall–Kier alpha value is -1.68. The SMILES string of the molecule is C#Cc1ccc2c(c1)C=CCN2CC. The van der Waals surface area contributed by atoms with Crippen LogP contribution in [0.1, 0.15) is 18.1 Å². The highest BCUT2D eigenvalue weighted by molar-refractivity contribution is 5.72.